The normalized spacial score (nSPS) is 10.7. The largest absolute Gasteiger partial charge is 0.504 e. The van der Waals surface area contributed by atoms with Crippen molar-refractivity contribution in [1.29, 1.82) is 0 Å². The smallest absolute Gasteiger partial charge is 0.337 e. The number of aromatic hydroxyl groups is 1. The molecular weight excluding hydrogens is 365 g/mol. The first-order valence-corrected chi connectivity index (χ1v) is 7.94. The number of nitrogen functional groups attached to an aromatic ring is 1. The Kier molecular flexibility index (Phi) is 4.61. The summed E-state index contributed by atoms with van der Waals surface area (Å²) in [6.07, 6.45) is 0. The monoisotopic (exact) mass is 377 g/mol. The molecule has 3 rings (SSSR count). The second-order valence-corrected chi connectivity index (χ2v) is 5.98. The molecule has 0 spiro atoms. The molecule has 128 valence electrons. The number of rotatable bonds is 3. The third-order valence-electron chi connectivity index (χ3n) is 3.68. The van der Waals surface area contributed by atoms with Crippen molar-refractivity contribution in [2.75, 3.05) is 12.8 Å². The SMILES string of the molecule is COC(=O)c1cccc(-c2c(N)oc(-c3cccc(Cl)c3Cl)c2O)c1. The van der Waals surface area contributed by atoms with E-state index in [1.165, 1.54) is 7.11 Å². The molecular formula is C18H13Cl2NO4. The van der Waals surface area contributed by atoms with E-state index in [1.807, 2.05) is 0 Å². The third kappa shape index (κ3) is 3.04. The Morgan fingerprint density at radius 1 is 1.20 bits per heavy atom. The average Bonchev–Trinajstić information content (AvgIpc) is 2.91. The summed E-state index contributed by atoms with van der Waals surface area (Å²) in [5.41, 5.74) is 7.44. The molecule has 3 N–H and O–H groups in total. The fraction of sp³-hybridized carbons (Fsp3) is 0.0556. The molecule has 1 heterocycles. The standard InChI is InChI=1S/C18H13Cl2NO4/c1-24-18(23)10-5-2-4-9(8-10)13-15(22)16(25-17(13)21)11-6-3-7-12(19)14(11)20/h2-8,22H,21H2,1H3. The maximum atomic E-state index is 11.7. The number of ether oxygens (including phenoxy) is 1. The lowest BCUT2D eigenvalue weighted by atomic mass is 10.0. The van der Waals surface area contributed by atoms with Gasteiger partial charge in [0.05, 0.1) is 28.3 Å². The van der Waals surface area contributed by atoms with E-state index in [0.29, 0.717) is 21.7 Å². The van der Waals surface area contributed by atoms with Gasteiger partial charge in [-0.15, -0.1) is 0 Å². The summed E-state index contributed by atoms with van der Waals surface area (Å²) in [6.45, 7) is 0. The number of furan rings is 1. The maximum absolute atomic E-state index is 11.7. The zero-order valence-corrected chi connectivity index (χ0v) is 14.6. The van der Waals surface area contributed by atoms with Crippen molar-refractivity contribution in [2.45, 2.75) is 0 Å². The molecule has 7 heteroatoms. The van der Waals surface area contributed by atoms with Gasteiger partial charge in [-0.2, -0.15) is 0 Å². The van der Waals surface area contributed by atoms with Crippen LogP contribution in [0.15, 0.2) is 46.9 Å². The number of methoxy groups -OCH3 is 1. The highest BCUT2D eigenvalue weighted by Crippen LogP contribution is 2.47. The summed E-state index contributed by atoms with van der Waals surface area (Å²) in [6, 6.07) is 11.4. The first-order valence-electron chi connectivity index (χ1n) is 7.18. The molecule has 0 radical (unpaired) electrons. The van der Waals surface area contributed by atoms with Gasteiger partial charge in [-0.3, -0.25) is 0 Å². The minimum Gasteiger partial charge on any atom is -0.504 e. The molecule has 25 heavy (non-hydrogen) atoms. The Labute approximate surface area is 153 Å². The number of anilines is 1. The quantitative estimate of drug-likeness (QED) is 0.627. The summed E-state index contributed by atoms with van der Waals surface area (Å²) in [4.78, 5) is 11.7. The Balaban J connectivity index is 2.16. The van der Waals surface area contributed by atoms with Crippen LogP contribution >= 0.6 is 23.2 Å². The van der Waals surface area contributed by atoms with Crippen LogP contribution in [0.3, 0.4) is 0 Å². The molecule has 0 atom stereocenters. The molecule has 0 bridgehead atoms. The molecule has 0 unspecified atom stereocenters. The molecule has 5 nitrogen and oxygen atoms in total. The van der Waals surface area contributed by atoms with Crippen molar-refractivity contribution in [1.82, 2.24) is 0 Å². The molecule has 0 saturated carbocycles. The fourth-order valence-corrected chi connectivity index (χ4v) is 2.89. The van der Waals surface area contributed by atoms with Gasteiger partial charge < -0.3 is 20.0 Å². The summed E-state index contributed by atoms with van der Waals surface area (Å²) in [5.74, 6) is -0.598. The number of carbonyl (C=O) groups is 1. The van der Waals surface area contributed by atoms with Crippen LogP contribution in [0.1, 0.15) is 10.4 Å². The van der Waals surface area contributed by atoms with Crippen LogP contribution in [0.2, 0.25) is 10.0 Å². The molecule has 0 aliphatic heterocycles. The molecule has 0 aliphatic carbocycles. The highest BCUT2D eigenvalue weighted by molar-refractivity contribution is 6.43. The molecule has 0 amide bonds. The van der Waals surface area contributed by atoms with Crippen molar-refractivity contribution in [3.05, 3.63) is 58.1 Å². The lowest BCUT2D eigenvalue weighted by Gasteiger charge is -2.05. The Morgan fingerprint density at radius 2 is 1.92 bits per heavy atom. The van der Waals surface area contributed by atoms with Gasteiger partial charge in [0.1, 0.15) is 0 Å². The van der Waals surface area contributed by atoms with E-state index in [1.54, 1.807) is 42.5 Å². The van der Waals surface area contributed by atoms with Crippen molar-refractivity contribution >= 4 is 35.1 Å². The molecule has 0 saturated heterocycles. The van der Waals surface area contributed by atoms with Gasteiger partial charge in [0.25, 0.3) is 0 Å². The van der Waals surface area contributed by atoms with Crippen LogP contribution in [0.4, 0.5) is 5.88 Å². The van der Waals surface area contributed by atoms with Gasteiger partial charge in [0, 0.05) is 5.56 Å². The van der Waals surface area contributed by atoms with E-state index in [9.17, 15) is 9.90 Å². The predicted molar refractivity (Wildman–Crippen MR) is 97.0 cm³/mol. The van der Waals surface area contributed by atoms with Crippen molar-refractivity contribution in [3.8, 4) is 28.2 Å². The summed E-state index contributed by atoms with van der Waals surface area (Å²) in [5, 5.41) is 11.2. The van der Waals surface area contributed by atoms with Crippen molar-refractivity contribution in [2.24, 2.45) is 0 Å². The topological polar surface area (TPSA) is 85.7 Å². The van der Waals surface area contributed by atoms with Crippen LogP contribution in [0.25, 0.3) is 22.5 Å². The molecule has 0 fully saturated rings. The molecule has 3 aromatic rings. The lowest BCUT2D eigenvalue weighted by Crippen LogP contribution is -2.00. The van der Waals surface area contributed by atoms with Crippen LogP contribution in [0, 0.1) is 0 Å². The number of hydrogen-bond donors (Lipinski definition) is 2. The van der Waals surface area contributed by atoms with Crippen LogP contribution in [-0.4, -0.2) is 18.2 Å². The van der Waals surface area contributed by atoms with E-state index in [2.05, 4.69) is 0 Å². The summed E-state index contributed by atoms with van der Waals surface area (Å²) < 4.78 is 10.2. The zero-order valence-electron chi connectivity index (χ0n) is 13.0. The van der Waals surface area contributed by atoms with E-state index >= 15 is 0 Å². The first kappa shape index (κ1) is 17.2. The fourth-order valence-electron chi connectivity index (χ4n) is 2.50. The van der Waals surface area contributed by atoms with Gasteiger partial charge in [-0.05, 0) is 29.8 Å². The van der Waals surface area contributed by atoms with Gasteiger partial charge >= 0.3 is 5.97 Å². The zero-order chi connectivity index (χ0) is 18.1. The molecule has 2 aromatic carbocycles. The first-order chi connectivity index (χ1) is 11.9. The highest BCUT2D eigenvalue weighted by Gasteiger charge is 2.23. The predicted octanol–water partition coefficient (Wildman–Crippen LogP) is 4.99. The minimum atomic E-state index is -0.499. The minimum absolute atomic E-state index is 0.00874. The Morgan fingerprint density at radius 3 is 2.64 bits per heavy atom. The average molecular weight is 378 g/mol. The third-order valence-corrected chi connectivity index (χ3v) is 4.50. The van der Waals surface area contributed by atoms with Gasteiger partial charge in [0.15, 0.2) is 11.5 Å². The highest BCUT2D eigenvalue weighted by atomic mass is 35.5. The second-order valence-electron chi connectivity index (χ2n) is 5.19. The second kappa shape index (κ2) is 6.70. The van der Waals surface area contributed by atoms with Gasteiger partial charge in [-0.1, -0.05) is 41.4 Å². The van der Waals surface area contributed by atoms with E-state index in [4.69, 9.17) is 38.1 Å². The Hall–Kier alpha value is -2.63. The number of hydrogen-bond acceptors (Lipinski definition) is 5. The number of nitrogens with two attached hydrogens (primary N) is 1. The van der Waals surface area contributed by atoms with E-state index in [-0.39, 0.29) is 28.0 Å². The van der Waals surface area contributed by atoms with Crippen molar-refractivity contribution in [3.63, 3.8) is 0 Å². The van der Waals surface area contributed by atoms with E-state index < -0.39 is 5.97 Å². The Bertz CT molecular complexity index is 966. The van der Waals surface area contributed by atoms with Gasteiger partial charge in [-0.25, -0.2) is 4.79 Å². The number of halogens is 2. The maximum Gasteiger partial charge on any atom is 0.337 e. The molecule has 0 aliphatic rings. The van der Waals surface area contributed by atoms with Crippen LogP contribution < -0.4 is 5.73 Å². The van der Waals surface area contributed by atoms with Crippen molar-refractivity contribution < 1.29 is 19.1 Å². The van der Waals surface area contributed by atoms with Crippen LogP contribution in [0.5, 0.6) is 5.75 Å². The summed E-state index contributed by atoms with van der Waals surface area (Å²) >= 11 is 12.2. The van der Waals surface area contributed by atoms with Gasteiger partial charge in [0.2, 0.25) is 5.88 Å². The number of esters is 1. The molecule has 1 aromatic heterocycles. The summed E-state index contributed by atoms with van der Waals surface area (Å²) in [7, 11) is 1.29. The lowest BCUT2D eigenvalue weighted by molar-refractivity contribution is 0.0601. The van der Waals surface area contributed by atoms with Crippen LogP contribution in [-0.2, 0) is 4.74 Å². The van der Waals surface area contributed by atoms with E-state index in [0.717, 1.165) is 0 Å². The number of benzene rings is 2. The number of carbonyl (C=O) groups excluding carboxylic acids is 1.